The third-order valence-corrected chi connectivity index (χ3v) is 2.09. The van der Waals surface area contributed by atoms with Crippen molar-refractivity contribution in [3.05, 3.63) is 12.4 Å². The summed E-state index contributed by atoms with van der Waals surface area (Å²) in [4.78, 5) is 0. The highest BCUT2D eigenvalue weighted by Crippen LogP contribution is 1.88. The van der Waals surface area contributed by atoms with Crippen molar-refractivity contribution in [2.45, 2.75) is 13.2 Å². The van der Waals surface area contributed by atoms with Crippen LogP contribution in [0.4, 0.5) is 4.39 Å². The molecule has 0 saturated heterocycles. The summed E-state index contributed by atoms with van der Waals surface area (Å²) in [5.74, 6) is -0.464. The number of halogens is 1. The van der Waals surface area contributed by atoms with Crippen LogP contribution in [0.5, 0.6) is 0 Å². The molecule has 1 unspecified atom stereocenters. The maximum Gasteiger partial charge on any atom is 0.217 e. The van der Waals surface area contributed by atoms with E-state index in [2.05, 4.69) is 0 Å². The first-order chi connectivity index (χ1) is 4.98. The van der Waals surface area contributed by atoms with E-state index >= 15 is 0 Å². The maximum atomic E-state index is 11.3. The average molecular weight is 183 g/mol. The molecular formula is C5H10FNO3S. The van der Waals surface area contributed by atoms with Crippen molar-refractivity contribution >= 4 is 10.0 Å². The van der Waals surface area contributed by atoms with Gasteiger partial charge in [0.2, 0.25) is 10.0 Å². The standard InChI is InChI=1S/C5H10FNO3S/c1-5(8)7-11(9,10)4-2-3-6/h2-3,5,7-8H,4H2,1H3. The van der Waals surface area contributed by atoms with Gasteiger partial charge in [-0.25, -0.2) is 12.8 Å². The monoisotopic (exact) mass is 183 g/mol. The molecule has 0 heterocycles. The summed E-state index contributed by atoms with van der Waals surface area (Å²) in [7, 11) is -3.57. The largest absolute Gasteiger partial charge is 0.378 e. The maximum absolute atomic E-state index is 11.3. The minimum Gasteiger partial charge on any atom is -0.378 e. The first-order valence-corrected chi connectivity index (χ1v) is 4.56. The Morgan fingerprint density at radius 3 is 2.64 bits per heavy atom. The Morgan fingerprint density at radius 2 is 2.27 bits per heavy atom. The predicted molar refractivity (Wildman–Crippen MR) is 38.9 cm³/mol. The molecule has 0 bridgehead atoms. The van der Waals surface area contributed by atoms with Crippen molar-refractivity contribution in [1.29, 1.82) is 0 Å². The lowest BCUT2D eigenvalue weighted by Crippen LogP contribution is -2.33. The molecule has 0 fully saturated rings. The van der Waals surface area contributed by atoms with E-state index < -0.39 is 22.0 Å². The number of rotatable bonds is 4. The Balaban J connectivity index is 4.02. The Morgan fingerprint density at radius 1 is 1.73 bits per heavy atom. The van der Waals surface area contributed by atoms with E-state index in [1.165, 1.54) is 6.92 Å². The first-order valence-electron chi connectivity index (χ1n) is 2.91. The lowest BCUT2D eigenvalue weighted by Gasteiger charge is -2.05. The fourth-order valence-electron chi connectivity index (χ4n) is 0.471. The Hall–Kier alpha value is -0.460. The number of nitrogens with one attached hydrogen (secondary N) is 1. The van der Waals surface area contributed by atoms with Gasteiger partial charge in [0.05, 0.1) is 12.1 Å². The van der Waals surface area contributed by atoms with Crippen LogP contribution in [0, 0.1) is 0 Å². The van der Waals surface area contributed by atoms with Crippen molar-refractivity contribution in [3.63, 3.8) is 0 Å². The van der Waals surface area contributed by atoms with Gasteiger partial charge in [-0.15, -0.1) is 0 Å². The zero-order valence-corrected chi connectivity index (χ0v) is 6.81. The molecule has 2 N–H and O–H groups in total. The molecule has 66 valence electrons. The van der Waals surface area contributed by atoms with Gasteiger partial charge in [0.25, 0.3) is 0 Å². The SMILES string of the molecule is CC(O)NS(=O)(=O)CC=CF. The highest BCUT2D eigenvalue weighted by molar-refractivity contribution is 7.89. The van der Waals surface area contributed by atoms with Gasteiger partial charge in [-0.1, -0.05) is 0 Å². The molecule has 6 heteroatoms. The molecule has 0 amide bonds. The minimum atomic E-state index is -3.57. The van der Waals surface area contributed by atoms with E-state index in [0.29, 0.717) is 0 Å². The van der Waals surface area contributed by atoms with E-state index in [4.69, 9.17) is 5.11 Å². The van der Waals surface area contributed by atoms with Crippen LogP contribution in [-0.2, 0) is 10.0 Å². The van der Waals surface area contributed by atoms with E-state index in [-0.39, 0.29) is 6.33 Å². The zero-order valence-electron chi connectivity index (χ0n) is 5.99. The number of sulfonamides is 1. The summed E-state index contributed by atoms with van der Waals surface area (Å²) >= 11 is 0. The third-order valence-electron chi connectivity index (χ3n) is 0.755. The molecule has 0 radical (unpaired) electrons. The fraction of sp³-hybridized carbons (Fsp3) is 0.600. The second-order valence-corrected chi connectivity index (χ2v) is 3.74. The summed E-state index contributed by atoms with van der Waals surface area (Å²) < 4.78 is 34.6. The number of hydrogen-bond donors (Lipinski definition) is 2. The summed E-state index contributed by atoms with van der Waals surface area (Å²) in [6, 6.07) is 0. The van der Waals surface area contributed by atoms with Crippen LogP contribution in [0.1, 0.15) is 6.92 Å². The topological polar surface area (TPSA) is 66.4 Å². The number of hydrogen-bond acceptors (Lipinski definition) is 3. The highest BCUT2D eigenvalue weighted by Gasteiger charge is 2.09. The molecule has 0 aromatic carbocycles. The van der Waals surface area contributed by atoms with Crippen LogP contribution in [0.15, 0.2) is 12.4 Å². The molecule has 0 aromatic rings. The fourth-order valence-corrected chi connectivity index (χ4v) is 1.41. The molecule has 0 spiro atoms. The molecule has 0 aliphatic heterocycles. The Bertz CT molecular complexity index is 222. The second kappa shape index (κ2) is 4.42. The summed E-state index contributed by atoms with van der Waals surface area (Å²) in [6.07, 6.45) is -0.167. The molecule has 0 aliphatic carbocycles. The van der Waals surface area contributed by atoms with Gasteiger partial charge in [-0.05, 0) is 13.0 Å². The van der Waals surface area contributed by atoms with Gasteiger partial charge in [-0.2, -0.15) is 4.72 Å². The second-order valence-electron chi connectivity index (χ2n) is 1.94. The Labute approximate surface area is 64.8 Å². The van der Waals surface area contributed by atoms with Gasteiger partial charge < -0.3 is 5.11 Å². The first kappa shape index (κ1) is 10.5. The van der Waals surface area contributed by atoms with Gasteiger partial charge in [0.15, 0.2) is 0 Å². The quantitative estimate of drug-likeness (QED) is 0.589. The molecule has 0 rings (SSSR count). The van der Waals surface area contributed by atoms with Crippen LogP contribution in [0.25, 0.3) is 0 Å². The molecule has 4 nitrogen and oxygen atoms in total. The Kier molecular flexibility index (Phi) is 4.24. The van der Waals surface area contributed by atoms with Crippen molar-refractivity contribution in [3.8, 4) is 0 Å². The van der Waals surface area contributed by atoms with Crippen molar-refractivity contribution in [1.82, 2.24) is 4.72 Å². The van der Waals surface area contributed by atoms with Crippen molar-refractivity contribution in [2.24, 2.45) is 0 Å². The number of aliphatic hydroxyl groups excluding tert-OH is 1. The van der Waals surface area contributed by atoms with Crippen LogP contribution in [-0.4, -0.2) is 25.5 Å². The highest BCUT2D eigenvalue weighted by atomic mass is 32.2. The van der Waals surface area contributed by atoms with Crippen LogP contribution >= 0.6 is 0 Å². The van der Waals surface area contributed by atoms with Crippen LogP contribution in [0.2, 0.25) is 0 Å². The molecule has 0 aliphatic rings. The summed E-state index contributed by atoms with van der Waals surface area (Å²) in [6.45, 7) is 1.26. The van der Waals surface area contributed by atoms with E-state index in [9.17, 15) is 12.8 Å². The van der Waals surface area contributed by atoms with Crippen molar-refractivity contribution < 1.29 is 17.9 Å². The molecular weight excluding hydrogens is 173 g/mol. The summed E-state index contributed by atoms with van der Waals surface area (Å²) in [5, 5.41) is 8.58. The van der Waals surface area contributed by atoms with E-state index in [1.807, 2.05) is 4.72 Å². The lowest BCUT2D eigenvalue weighted by atomic mass is 10.7. The third kappa shape index (κ3) is 5.96. The van der Waals surface area contributed by atoms with Gasteiger partial charge in [0, 0.05) is 0 Å². The lowest BCUT2D eigenvalue weighted by molar-refractivity contribution is 0.184. The van der Waals surface area contributed by atoms with E-state index in [0.717, 1.165) is 6.08 Å². The number of aliphatic hydroxyl groups is 1. The van der Waals surface area contributed by atoms with Gasteiger partial charge >= 0.3 is 0 Å². The van der Waals surface area contributed by atoms with Crippen LogP contribution < -0.4 is 4.72 Å². The normalized spacial score (nSPS) is 15.5. The minimum absolute atomic E-state index is 0.140. The van der Waals surface area contributed by atoms with Gasteiger partial charge in [-0.3, -0.25) is 0 Å². The van der Waals surface area contributed by atoms with Gasteiger partial charge in [0.1, 0.15) is 6.23 Å². The van der Waals surface area contributed by atoms with Crippen molar-refractivity contribution in [2.75, 3.05) is 5.75 Å². The predicted octanol–water partition coefficient (Wildman–Crippen LogP) is -0.273. The van der Waals surface area contributed by atoms with E-state index in [1.54, 1.807) is 0 Å². The van der Waals surface area contributed by atoms with Crippen LogP contribution in [0.3, 0.4) is 0 Å². The average Bonchev–Trinajstić information content (AvgIpc) is 1.81. The molecule has 0 aromatic heterocycles. The summed E-state index contributed by atoms with van der Waals surface area (Å²) in [5.41, 5.74) is 0. The zero-order chi connectivity index (χ0) is 8.91. The molecule has 0 saturated carbocycles. The smallest absolute Gasteiger partial charge is 0.217 e. The molecule has 1 atom stereocenters. The molecule has 11 heavy (non-hydrogen) atoms.